The van der Waals surface area contributed by atoms with Crippen molar-refractivity contribution in [2.75, 3.05) is 26.7 Å². The molecule has 6 nitrogen and oxygen atoms in total. The molecule has 2 rings (SSSR count). The Labute approximate surface area is 175 Å². The molecule has 7 heteroatoms. The maximum atomic E-state index is 12.2. The lowest BCUT2D eigenvalue weighted by Crippen LogP contribution is -2.45. The predicted octanol–water partition coefficient (Wildman–Crippen LogP) is 3.53. The van der Waals surface area contributed by atoms with Crippen molar-refractivity contribution >= 4 is 36.0 Å². The number of nitrogens with one attached hydrogen (secondary N) is 2. The molecule has 26 heavy (non-hydrogen) atoms. The van der Waals surface area contributed by atoms with Crippen LogP contribution in [-0.4, -0.2) is 55.3 Å². The van der Waals surface area contributed by atoms with E-state index < -0.39 is 5.60 Å². The molecule has 0 aromatic heterocycles. The Balaban J connectivity index is 0.00000338. The number of piperidine rings is 1. The molecule has 2 aliphatic rings. The van der Waals surface area contributed by atoms with Crippen molar-refractivity contribution in [1.82, 2.24) is 15.5 Å². The quantitative estimate of drug-likeness (QED) is 0.281. The summed E-state index contributed by atoms with van der Waals surface area (Å²) in [6.07, 6.45) is 9.60. The SMILES string of the molecule is CN=C(NCCC1CCCN(C(=O)OC(C)(C)C)C1)NC1CC=CC1.I. The number of amides is 1. The molecule has 1 aliphatic heterocycles. The van der Waals surface area contributed by atoms with E-state index in [-0.39, 0.29) is 30.1 Å². The molecule has 1 unspecified atom stereocenters. The summed E-state index contributed by atoms with van der Waals surface area (Å²) < 4.78 is 5.50. The minimum Gasteiger partial charge on any atom is -0.444 e. The second-order valence-corrected chi connectivity index (χ2v) is 8.01. The molecule has 0 bridgehead atoms. The first-order chi connectivity index (χ1) is 11.9. The van der Waals surface area contributed by atoms with E-state index in [9.17, 15) is 4.79 Å². The molecule has 0 aromatic rings. The van der Waals surface area contributed by atoms with Crippen molar-refractivity contribution in [1.29, 1.82) is 0 Å². The average molecular weight is 478 g/mol. The largest absolute Gasteiger partial charge is 0.444 e. The second-order valence-electron chi connectivity index (χ2n) is 8.01. The number of guanidine groups is 1. The fourth-order valence-corrected chi connectivity index (χ4v) is 3.31. The Hall–Kier alpha value is -0.990. The van der Waals surface area contributed by atoms with E-state index >= 15 is 0 Å². The topological polar surface area (TPSA) is 66.0 Å². The lowest BCUT2D eigenvalue weighted by Gasteiger charge is -2.34. The van der Waals surface area contributed by atoms with Gasteiger partial charge in [-0.25, -0.2) is 4.79 Å². The highest BCUT2D eigenvalue weighted by Gasteiger charge is 2.27. The van der Waals surface area contributed by atoms with Gasteiger partial charge in [-0.3, -0.25) is 4.99 Å². The van der Waals surface area contributed by atoms with Crippen LogP contribution in [0.25, 0.3) is 0 Å². The summed E-state index contributed by atoms with van der Waals surface area (Å²) in [5, 5.41) is 6.85. The van der Waals surface area contributed by atoms with Crippen LogP contribution in [0.15, 0.2) is 17.1 Å². The summed E-state index contributed by atoms with van der Waals surface area (Å²) in [5.41, 5.74) is -0.432. The van der Waals surface area contributed by atoms with Gasteiger partial charge in [0.15, 0.2) is 5.96 Å². The summed E-state index contributed by atoms with van der Waals surface area (Å²) in [4.78, 5) is 18.4. The molecule has 1 saturated heterocycles. The second kappa shape index (κ2) is 11.0. The minimum absolute atomic E-state index is 0. The average Bonchev–Trinajstić information content (AvgIpc) is 3.05. The van der Waals surface area contributed by atoms with E-state index in [1.165, 1.54) is 6.42 Å². The summed E-state index contributed by atoms with van der Waals surface area (Å²) in [6, 6.07) is 0.462. The first-order valence-corrected chi connectivity index (χ1v) is 9.47. The van der Waals surface area contributed by atoms with Crippen LogP contribution in [-0.2, 0) is 4.74 Å². The first kappa shape index (κ1) is 23.0. The number of carbonyl (C=O) groups excluding carboxylic acids is 1. The Morgan fingerprint density at radius 1 is 1.31 bits per heavy atom. The molecule has 0 aromatic carbocycles. The molecule has 150 valence electrons. The van der Waals surface area contributed by atoms with Crippen molar-refractivity contribution < 1.29 is 9.53 Å². The Bertz CT molecular complexity index is 494. The molecule has 1 atom stereocenters. The Morgan fingerprint density at radius 3 is 2.62 bits per heavy atom. The minimum atomic E-state index is -0.432. The maximum absolute atomic E-state index is 12.2. The smallest absolute Gasteiger partial charge is 0.410 e. The van der Waals surface area contributed by atoms with Gasteiger partial charge in [0.2, 0.25) is 0 Å². The van der Waals surface area contributed by atoms with Gasteiger partial charge >= 0.3 is 6.09 Å². The number of rotatable bonds is 4. The third kappa shape index (κ3) is 8.14. The van der Waals surface area contributed by atoms with Crippen LogP contribution in [0.4, 0.5) is 4.79 Å². The number of hydrogen-bond donors (Lipinski definition) is 2. The molecular formula is C19H35IN4O2. The zero-order valence-electron chi connectivity index (χ0n) is 16.6. The van der Waals surface area contributed by atoms with Gasteiger partial charge in [0, 0.05) is 32.7 Å². The van der Waals surface area contributed by atoms with Gasteiger partial charge in [0.05, 0.1) is 0 Å². The van der Waals surface area contributed by atoms with Gasteiger partial charge in [-0.2, -0.15) is 0 Å². The van der Waals surface area contributed by atoms with Crippen LogP contribution >= 0.6 is 24.0 Å². The highest BCUT2D eigenvalue weighted by molar-refractivity contribution is 14.0. The molecule has 1 fully saturated rings. The highest BCUT2D eigenvalue weighted by atomic mass is 127. The molecule has 1 heterocycles. The Kier molecular flexibility index (Phi) is 9.74. The van der Waals surface area contributed by atoms with Gasteiger partial charge in [0.25, 0.3) is 0 Å². The number of ether oxygens (including phenoxy) is 1. The fraction of sp³-hybridized carbons (Fsp3) is 0.789. The van der Waals surface area contributed by atoms with Crippen LogP contribution in [0.2, 0.25) is 0 Å². The van der Waals surface area contributed by atoms with E-state index in [0.717, 1.165) is 51.3 Å². The normalized spacial score (nSPS) is 21.3. The first-order valence-electron chi connectivity index (χ1n) is 9.47. The fourth-order valence-electron chi connectivity index (χ4n) is 3.31. The third-order valence-electron chi connectivity index (χ3n) is 4.59. The standard InChI is InChI=1S/C19H34N4O2.HI/c1-19(2,3)25-18(24)23-13-7-8-15(14-23)11-12-21-17(20-4)22-16-9-5-6-10-16;/h5-6,15-16H,7-14H2,1-4H3,(H2,20,21,22);1H. The van der Waals surface area contributed by atoms with Crippen molar-refractivity contribution in [3.05, 3.63) is 12.2 Å². The van der Waals surface area contributed by atoms with Crippen LogP contribution in [0.5, 0.6) is 0 Å². The van der Waals surface area contributed by atoms with E-state index in [2.05, 4.69) is 27.8 Å². The number of likely N-dealkylation sites (tertiary alicyclic amines) is 1. The third-order valence-corrected chi connectivity index (χ3v) is 4.59. The summed E-state index contributed by atoms with van der Waals surface area (Å²) in [6.45, 7) is 8.19. The zero-order chi connectivity index (χ0) is 18.3. The van der Waals surface area contributed by atoms with E-state index in [0.29, 0.717) is 12.0 Å². The number of halogens is 1. The zero-order valence-corrected chi connectivity index (χ0v) is 18.9. The van der Waals surface area contributed by atoms with Gasteiger partial charge in [-0.05, 0) is 58.8 Å². The molecule has 1 amide bonds. The van der Waals surface area contributed by atoms with Crippen LogP contribution in [0, 0.1) is 5.92 Å². The number of nitrogens with zero attached hydrogens (tertiary/aromatic N) is 2. The molecular weight excluding hydrogens is 443 g/mol. The van der Waals surface area contributed by atoms with E-state index in [1.807, 2.05) is 32.7 Å². The molecule has 0 saturated carbocycles. The van der Waals surface area contributed by atoms with Gasteiger partial charge in [-0.1, -0.05) is 12.2 Å². The lowest BCUT2D eigenvalue weighted by atomic mass is 9.95. The highest BCUT2D eigenvalue weighted by Crippen LogP contribution is 2.21. The number of aliphatic imine (C=N–C) groups is 1. The Morgan fingerprint density at radius 2 is 2.00 bits per heavy atom. The van der Waals surface area contributed by atoms with Crippen molar-refractivity contribution in [3.8, 4) is 0 Å². The molecule has 2 N–H and O–H groups in total. The van der Waals surface area contributed by atoms with Crippen LogP contribution in [0.3, 0.4) is 0 Å². The molecule has 0 radical (unpaired) electrons. The number of hydrogen-bond acceptors (Lipinski definition) is 3. The lowest BCUT2D eigenvalue weighted by molar-refractivity contribution is 0.0162. The summed E-state index contributed by atoms with van der Waals surface area (Å²) in [7, 11) is 1.81. The van der Waals surface area contributed by atoms with Gasteiger partial charge in [0.1, 0.15) is 5.60 Å². The van der Waals surface area contributed by atoms with Crippen molar-refractivity contribution in [2.24, 2.45) is 10.9 Å². The molecule has 1 aliphatic carbocycles. The summed E-state index contributed by atoms with van der Waals surface area (Å²) >= 11 is 0. The number of carbonyl (C=O) groups is 1. The van der Waals surface area contributed by atoms with E-state index in [1.54, 1.807) is 0 Å². The maximum Gasteiger partial charge on any atom is 0.410 e. The van der Waals surface area contributed by atoms with Crippen LogP contribution < -0.4 is 10.6 Å². The molecule has 0 spiro atoms. The van der Waals surface area contributed by atoms with Crippen LogP contribution in [0.1, 0.15) is 52.9 Å². The monoisotopic (exact) mass is 478 g/mol. The van der Waals surface area contributed by atoms with Gasteiger partial charge in [-0.15, -0.1) is 24.0 Å². The van der Waals surface area contributed by atoms with Crippen molar-refractivity contribution in [3.63, 3.8) is 0 Å². The van der Waals surface area contributed by atoms with Crippen molar-refractivity contribution in [2.45, 2.75) is 64.5 Å². The van der Waals surface area contributed by atoms with Gasteiger partial charge < -0.3 is 20.3 Å². The summed E-state index contributed by atoms with van der Waals surface area (Å²) in [5.74, 6) is 1.38. The predicted molar refractivity (Wildman–Crippen MR) is 117 cm³/mol. The van der Waals surface area contributed by atoms with E-state index in [4.69, 9.17) is 4.74 Å².